The fourth-order valence-electron chi connectivity index (χ4n) is 0.178. The molecule has 0 aromatic rings. The zero-order valence-corrected chi connectivity index (χ0v) is 5.54. The minimum Gasteiger partial charge on any atom is -0.369 e. The molecule has 0 aliphatic carbocycles. The first-order valence-electron chi connectivity index (χ1n) is 1.92. The SMILES string of the molecule is NC(=O)CC=C(Cl)Cl. The first-order valence-corrected chi connectivity index (χ1v) is 2.68. The molecule has 2 N–H and O–H groups in total. The van der Waals surface area contributed by atoms with Gasteiger partial charge in [0.1, 0.15) is 4.49 Å². The quantitative estimate of drug-likeness (QED) is 0.637. The van der Waals surface area contributed by atoms with Gasteiger partial charge in [0.15, 0.2) is 0 Å². The Hall–Kier alpha value is -0.210. The van der Waals surface area contributed by atoms with Gasteiger partial charge in [-0.3, -0.25) is 4.79 Å². The minimum absolute atomic E-state index is 0.0730. The molecule has 0 aromatic heterocycles. The van der Waals surface area contributed by atoms with E-state index < -0.39 is 5.91 Å². The van der Waals surface area contributed by atoms with Crippen molar-refractivity contribution in [2.75, 3.05) is 0 Å². The summed E-state index contributed by atoms with van der Waals surface area (Å²) in [5.74, 6) is -0.441. The zero-order chi connectivity index (χ0) is 6.57. The topological polar surface area (TPSA) is 43.1 Å². The molecule has 4 heteroatoms. The molecule has 8 heavy (non-hydrogen) atoms. The predicted octanol–water partition coefficient (Wildman–Crippen LogP) is 1.18. The standard InChI is InChI=1S/C4H5Cl2NO/c5-3(6)1-2-4(7)8/h1H,2H2,(H2,7,8). The fourth-order valence-corrected chi connectivity index (χ4v) is 0.332. The van der Waals surface area contributed by atoms with Gasteiger partial charge in [0, 0.05) is 6.42 Å². The number of carbonyl (C=O) groups is 1. The van der Waals surface area contributed by atoms with E-state index >= 15 is 0 Å². The molecule has 0 aromatic carbocycles. The summed E-state index contributed by atoms with van der Waals surface area (Å²) < 4.78 is 0.0730. The average Bonchev–Trinajstić information content (AvgIpc) is 1.61. The summed E-state index contributed by atoms with van der Waals surface area (Å²) in [5, 5.41) is 0. The molecule has 0 heterocycles. The maximum atomic E-state index is 9.96. The smallest absolute Gasteiger partial charge is 0.221 e. The van der Waals surface area contributed by atoms with E-state index in [0.717, 1.165) is 0 Å². The Morgan fingerprint density at radius 3 is 2.25 bits per heavy atom. The van der Waals surface area contributed by atoms with E-state index in [1.54, 1.807) is 0 Å². The van der Waals surface area contributed by atoms with Crippen LogP contribution in [0.1, 0.15) is 6.42 Å². The largest absolute Gasteiger partial charge is 0.369 e. The van der Waals surface area contributed by atoms with Crippen LogP contribution in [0.2, 0.25) is 0 Å². The first kappa shape index (κ1) is 7.79. The molecule has 0 saturated heterocycles. The molecule has 2 nitrogen and oxygen atoms in total. The molecule has 46 valence electrons. The molecule has 1 amide bonds. The Balaban J connectivity index is 3.45. The van der Waals surface area contributed by atoms with Crippen LogP contribution in [-0.4, -0.2) is 5.91 Å². The monoisotopic (exact) mass is 153 g/mol. The lowest BCUT2D eigenvalue weighted by Crippen LogP contribution is -2.07. The van der Waals surface area contributed by atoms with Crippen molar-refractivity contribution in [1.29, 1.82) is 0 Å². The van der Waals surface area contributed by atoms with Crippen molar-refractivity contribution in [2.24, 2.45) is 5.73 Å². The Morgan fingerprint density at radius 1 is 1.62 bits per heavy atom. The second-order valence-electron chi connectivity index (χ2n) is 1.16. The van der Waals surface area contributed by atoms with Crippen LogP contribution in [0.5, 0.6) is 0 Å². The van der Waals surface area contributed by atoms with Gasteiger partial charge in [0.25, 0.3) is 0 Å². The predicted molar refractivity (Wildman–Crippen MR) is 33.6 cm³/mol. The molecule has 0 radical (unpaired) electrons. The normalized spacial score (nSPS) is 8.25. The summed E-state index contributed by atoms with van der Waals surface area (Å²) >= 11 is 10.3. The van der Waals surface area contributed by atoms with E-state index in [1.807, 2.05) is 0 Å². The zero-order valence-electron chi connectivity index (χ0n) is 4.03. The highest BCUT2D eigenvalue weighted by Crippen LogP contribution is 2.06. The van der Waals surface area contributed by atoms with Gasteiger partial charge in [0.05, 0.1) is 0 Å². The Kier molecular flexibility index (Phi) is 3.65. The number of amides is 1. The Morgan fingerprint density at radius 2 is 2.12 bits per heavy atom. The van der Waals surface area contributed by atoms with Crippen LogP contribution >= 0.6 is 23.2 Å². The van der Waals surface area contributed by atoms with E-state index in [9.17, 15) is 4.79 Å². The van der Waals surface area contributed by atoms with Gasteiger partial charge in [-0.25, -0.2) is 0 Å². The van der Waals surface area contributed by atoms with E-state index in [-0.39, 0.29) is 10.9 Å². The van der Waals surface area contributed by atoms with E-state index in [0.29, 0.717) is 0 Å². The maximum absolute atomic E-state index is 9.96. The van der Waals surface area contributed by atoms with Crippen LogP contribution in [0.4, 0.5) is 0 Å². The van der Waals surface area contributed by atoms with Crippen LogP contribution < -0.4 is 5.73 Å². The summed E-state index contributed by atoms with van der Waals surface area (Å²) in [6.07, 6.45) is 1.44. The minimum atomic E-state index is -0.441. The first-order chi connectivity index (χ1) is 3.63. The van der Waals surface area contributed by atoms with Crippen molar-refractivity contribution in [3.63, 3.8) is 0 Å². The van der Waals surface area contributed by atoms with Crippen molar-refractivity contribution >= 4 is 29.1 Å². The van der Waals surface area contributed by atoms with Crippen LogP contribution in [0, 0.1) is 0 Å². The highest BCUT2D eigenvalue weighted by Gasteiger charge is 1.88. The summed E-state index contributed by atoms with van der Waals surface area (Å²) in [6, 6.07) is 0. The van der Waals surface area contributed by atoms with E-state index in [1.165, 1.54) is 6.08 Å². The third kappa shape index (κ3) is 5.79. The van der Waals surface area contributed by atoms with Gasteiger partial charge < -0.3 is 5.73 Å². The van der Waals surface area contributed by atoms with Crippen LogP contribution in [0.25, 0.3) is 0 Å². The number of rotatable bonds is 2. The molecule has 0 rings (SSSR count). The Bertz CT molecular complexity index is 117. The average molecular weight is 154 g/mol. The van der Waals surface area contributed by atoms with Crippen LogP contribution in [-0.2, 0) is 4.79 Å². The third-order valence-corrected chi connectivity index (χ3v) is 0.766. The van der Waals surface area contributed by atoms with Gasteiger partial charge in [-0.15, -0.1) is 0 Å². The molecule has 0 spiro atoms. The fraction of sp³-hybridized carbons (Fsp3) is 0.250. The van der Waals surface area contributed by atoms with Crippen LogP contribution in [0.3, 0.4) is 0 Å². The van der Waals surface area contributed by atoms with Crippen molar-refractivity contribution in [3.8, 4) is 0 Å². The number of hydrogen-bond donors (Lipinski definition) is 1. The summed E-state index contributed by atoms with van der Waals surface area (Å²) in [5.41, 5.74) is 4.74. The number of primary amides is 1. The molecule has 0 unspecified atom stereocenters. The second kappa shape index (κ2) is 3.75. The van der Waals surface area contributed by atoms with Crippen molar-refractivity contribution in [3.05, 3.63) is 10.6 Å². The second-order valence-corrected chi connectivity index (χ2v) is 2.17. The molecule has 0 aliphatic heterocycles. The van der Waals surface area contributed by atoms with Crippen molar-refractivity contribution < 1.29 is 4.79 Å². The Labute approximate surface area is 57.3 Å². The number of hydrogen-bond acceptors (Lipinski definition) is 1. The summed E-state index contributed by atoms with van der Waals surface area (Å²) in [7, 11) is 0. The number of nitrogens with two attached hydrogens (primary N) is 1. The van der Waals surface area contributed by atoms with Gasteiger partial charge in [-0.1, -0.05) is 23.2 Å². The van der Waals surface area contributed by atoms with Crippen LogP contribution in [0.15, 0.2) is 10.6 Å². The number of halogens is 2. The molecule has 0 bridgehead atoms. The van der Waals surface area contributed by atoms with Gasteiger partial charge in [-0.05, 0) is 6.08 Å². The molecule has 0 atom stereocenters. The van der Waals surface area contributed by atoms with E-state index in [2.05, 4.69) is 0 Å². The molecular weight excluding hydrogens is 149 g/mol. The lowest BCUT2D eigenvalue weighted by Gasteiger charge is -1.82. The van der Waals surface area contributed by atoms with Crippen molar-refractivity contribution in [1.82, 2.24) is 0 Å². The van der Waals surface area contributed by atoms with Gasteiger partial charge >= 0.3 is 0 Å². The lowest BCUT2D eigenvalue weighted by molar-refractivity contribution is -0.117. The summed E-state index contributed by atoms with van der Waals surface area (Å²) in [6.45, 7) is 0. The molecular formula is C4H5Cl2NO. The van der Waals surface area contributed by atoms with Gasteiger partial charge in [-0.2, -0.15) is 0 Å². The lowest BCUT2D eigenvalue weighted by atomic mass is 10.4. The summed E-state index contributed by atoms with van der Waals surface area (Å²) in [4.78, 5) is 9.96. The molecule has 0 aliphatic rings. The highest BCUT2D eigenvalue weighted by molar-refractivity contribution is 6.55. The highest BCUT2D eigenvalue weighted by atomic mass is 35.5. The van der Waals surface area contributed by atoms with E-state index in [4.69, 9.17) is 28.9 Å². The number of carbonyl (C=O) groups excluding carboxylic acids is 1. The third-order valence-electron chi connectivity index (χ3n) is 0.458. The maximum Gasteiger partial charge on any atom is 0.221 e. The van der Waals surface area contributed by atoms with Crippen molar-refractivity contribution in [2.45, 2.75) is 6.42 Å². The van der Waals surface area contributed by atoms with Gasteiger partial charge in [0.2, 0.25) is 5.91 Å². The molecule has 0 saturated carbocycles. The molecule has 0 fully saturated rings.